The number of aromatic amines is 2. The summed E-state index contributed by atoms with van der Waals surface area (Å²) in [6.07, 6.45) is 11.9. The summed E-state index contributed by atoms with van der Waals surface area (Å²) in [6.45, 7) is 2.42. The molecule has 0 fully saturated rings. The van der Waals surface area contributed by atoms with Gasteiger partial charge in [0.15, 0.2) is 0 Å². The van der Waals surface area contributed by atoms with E-state index in [1.54, 1.807) is 0 Å². The topological polar surface area (TPSA) is 158 Å². The second-order valence-corrected chi connectivity index (χ2v) is 15.4. The zero-order valence-electron chi connectivity index (χ0n) is 35.0. The first-order chi connectivity index (χ1) is 29.9. The normalized spacial score (nSPS) is 12.1. The van der Waals surface area contributed by atoms with Crippen molar-refractivity contribution in [3.8, 4) is 0 Å². The number of hydrazine groups is 1. The Hall–Kier alpha value is -6.56. The molecular weight excluding hydrogens is 769 g/mol. The Labute approximate surface area is 357 Å². The van der Waals surface area contributed by atoms with E-state index in [1.807, 2.05) is 122 Å². The molecular formula is C49H58N6O6. The Morgan fingerprint density at radius 2 is 1.00 bits per heavy atom. The maximum absolute atomic E-state index is 14.8. The summed E-state index contributed by atoms with van der Waals surface area (Å²) in [5, 5.41) is 8.69. The van der Waals surface area contributed by atoms with Crippen molar-refractivity contribution in [3.05, 3.63) is 144 Å². The molecule has 61 heavy (non-hydrogen) atoms. The molecule has 6 aromatic rings. The fraction of sp³-hybridized carbons (Fsp3) is 0.347. The molecule has 0 radical (unpaired) electrons. The van der Waals surface area contributed by atoms with Crippen LogP contribution in [0.3, 0.4) is 0 Å². The van der Waals surface area contributed by atoms with E-state index in [1.165, 1.54) is 30.7 Å². The summed E-state index contributed by atoms with van der Waals surface area (Å²) in [6, 6.07) is 31.8. The Morgan fingerprint density at radius 1 is 0.557 bits per heavy atom. The second-order valence-electron chi connectivity index (χ2n) is 15.4. The van der Waals surface area contributed by atoms with E-state index in [0.717, 1.165) is 69.7 Å². The van der Waals surface area contributed by atoms with Crippen molar-refractivity contribution >= 4 is 45.8 Å². The number of hydrogen-bond acceptors (Lipinski definition) is 6. The van der Waals surface area contributed by atoms with Gasteiger partial charge in [-0.05, 0) is 40.8 Å². The van der Waals surface area contributed by atoms with Crippen LogP contribution in [-0.4, -0.2) is 57.6 Å². The van der Waals surface area contributed by atoms with Crippen molar-refractivity contribution < 1.29 is 28.7 Å². The molecule has 0 bridgehead atoms. The molecule has 12 nitrogen and oxygen atoms in total. The standard InChI is InChI=1S/C49H58N6O6/c1-2-3-4-5-6-7-8-9-20-29-55(47(57)45(31-39-33-51-43-28-19-17-26-41(39)43)53-49(59)61-35-37-23-14-11-15-24-37)54-46(56)44(30-38-32-50-42-27-18-16-25-40(38)42)52-48(58)60-34-36-21-12-10-13-22-36/h10-19,21-28,32-33,44-45,50-51H,2-9,20,29-31,34-35H2,1H3,(H,52,58)(H,53,59)(H,54,56). The van der Waals surface area contributed by atoms with Crippen molar-refractivity contribution in [2.45, 2.75) is 103 Å². The van der Waals surface area contributed by atoms with Gasteiger partial charge in [-0.15, -0.1) is 0 Å². The molecule has 6 rings (SSSR count). The lowest BCUT2D eigenvalue weighted by Gasteiger charge is -2.30. The van der Waals surface area contributed by atoms with Crippen molar-refractivity contribution in [2.75, 3.05) is 6.54 Å². The number of aromatic nitrogens is 2. The molecule has 12 heteroatoms. The zero-order chi connectivity index (χ0) is 42.7. The first kappa shape index (κ1) is 44.0. The molecule has 4 amide bonds. The highest BCUT2D eigenvalue weighted by atomic mass is 16.6. The van der Waals surface area contributed by atoms with Crippen LogP contribution in [0.5, 0.6) is 0 Å². The predicted molar refractivity (Wildman–Crippen MR) is 238 cm³/mol. The number of benzene rings is 4. The summed E-state index contributed by atoms with van der Waals surface area (Å²) in [5.41, 5.74) is 7.86. The van der Waals surface area contributed by atoms with Crippen LogP contribution in [0, 0.1) is 0 Å². The molecule has 0 saturated carbocycles. The van der Waals surface area contributed by atoms with Crippen LogP contribution in [0.1, 0.15) is 87.0 Å². The lowest BCUT2D eigenvalue weighted by atomic mass is 10.0. The van der Waals surface area contributed by atoms with E-state index >= 15 is 0 Å². The molecule has 2 aromatic heterocycles. The Bertz CT molecular complexity index is 2290. The molecule has 0 aliphatic rings. The first-order valence-corrected chi connectivity index (χ1v) is 21.5. The quantitative estimate of drug-likeness (QED) is 0.0339. The number of nitrogens with zero attached hydrogens (tertiary/aromatic N) is 1. The minimum Gasteiger partial charge on any atom is -0.445 e. The van der Waals surface area contributed by atoms with Crippen LogP contribution >= 0.6 is 0 Å². The summed E-state index contributed by atoms with van der Waals surface area (Å²) in [4.78, 5) is 62.5. The SMILES string of the molecule is CCCCCCCCCCCN(NC(=O)C(Cc1c[nH]c2ccccc12)NC(=O)OCc1ccccc1)C(=O)C(Cc1c[nH]c2ccccc12)NC(=O)OCc1ccccc1. The minimum atomic E-state index is -1.13. The summed E-state index contributed by atoms with van der Waals surface area (Å²) in [7, 11) is 0. The molecule has 2 heterocycles. The summed E-state index contributed by atoms with van der Waals surface area (Å²) < 4.78 is 11.1. The van der Waals surface area contributed by atoms with Gasteiger partial charge in [0.25, 0.3) is 11.8 Å². The molecule has 2 unspecified atom stereocenters. The minimum absolute atomic E-state index is 0.0128. The third-order valence-electron chi connectivity index (χ3n) is 10.8. The van der Waals surface area contributed by atoms with E-state index in [2.05, 4.69) is 33.0 Å². The fourth-order valence-corrected chi connectivity index (χ4v) is 7.47. The highest BCUT2D eigenvalue weighted by molar-refractivity contribution is 5.92. The fourth-order valence-electron chi connectivity index (χ4n) is 7.47. The monoisotopic (exact) mass is 826 g/mol. The summed E-state index contributed by atoms with van der Waals surface area (Å²) >= 11 is 0. The number of para-hydroxylation sites is 2. The van der Waals surface area contributed by atoms with Gasteiger partial charge in [-0.1, -0.05) is 155 Å². The smallest absolute Gasteiger partial charge is 0.408 e. The maximum atomic E-state index is 14.8. The van der Waals surface area contributed by atoms with Crippen molar-refractivity contribution in [2.24, 2.45) is 0 Å². The third-order valence-corrected chi connectivity index (χ3v) is 10.8. The number of rotatable bonds is 22. The van der Waals surface area contributed by atoms with Gasteiger partial charge in [0, 0.05) is 53.6 Å². The number of amides is 4. The lowest BCUT2D eigenvalue weighted by molar-refractivity contribution is -0.143. The van der Waals surface area contributed by atoms with Gasteiger partial charge < -0.3 is 30.1 Å². The number of fused-ring (bicyclic) bond motifs is 2. The van der Waals surface area contributed by atoms with Gasteiger partial charge in [-0.3, -0.25) is 20.0 Å². The average molecular weight is 827 g/mol. The van der Waals surface area contributed by atoms with E-state index < -0.39 is 36.1 Å². The molecule has 0 saturated heterocycles. The number of H-pyrrole nitrogens is 2. The van der Waals surface area contributed by atoms with Gasteiger partial charge in [-0.25, -0.2) is 9.59 Å². The molecule has 0 spiro atoms. The molecule has 4 aromatic carbocycles. The van der Waals surface area contributed by atoms with Crippen molar-refractivity contribution in [1.29, 1.82) is 0 Å². The number of carbonyl (C=O) groups is 4. The maximum Gasteiger partial charge on any atom is 0.408 e. The van der Waals surface area contributed by atoms with E-state index in [4.69, 9.17) is 9.47 Å². The van der Waals surface area contributed by atoms with Gasteiger partial charge in [-0.2, -0.15) is 0 Å². The average Bonchev–Trinajstić information content (AvgIpc) is 3.90. The van der Waals surface area contributed by atoms with Crippen LogP contribution in [0.15, 0.2) is 122 Å². The van der Waals surface area contributed by atoms with Crippen LogP contribution in [0.25, 0.3) is 21.8 Å². The van der Waals surface area contributed by atoms with Crippen LogP contribution in [0.4, 0.5) is 9.59 Å². The van der Waals surface area contributed by atoms with Crippen LogP contribution in [0.2, 0.25) is 0 Å². The molecule has 2 atom stereocenters. The van der Waals surface area contributed by atoms with E-state index in [-0.39, 0.29) is 32.6 Å². The van der Waals surface area contributed by atoms with Crippen molar-refractivity contribution in [1.82, 2.24) is 31.0 Å². The number of hydrogen-bond donors (Lipinski definition) is 5. The molecule has 0 aliphatic heterocycles. The highest BCUT2D eigenvalue weighted by Gasteiger charge is 2.32. The van der Waals surface area contributed by atoms with Crippen LogP contribution in [-0.2, 0) is 45.1 Å². The van der Waals surface area contributed by atoms with E-state index in [0.29, 0.717) is 6.42 Å². The van der Waals surface area contributed by atoms with Crippen LogP contribution < -0.4 is 16.1 Å². The largest absolute Gasteiger partial charge is 0.445 e. The Kier molecular flexibility index (Phi) is 16.8. The summed E-state index contributed by atoms with van der Waals surface area (Å²) in [5.74, 6) is -1.13. The highest BCUT2D eigenvalue weighted by Crippen LogP contribution is 2.22. The Morgan fingerprint density at radius 3 is 1.52 bits per heavy atom. The third kappa shape index (κ3) is 13.5. The Balaban J connectivity index is 1.23. The number of carbonyl (C=O) groups excluding carboxylic acids is 4. The van der Waals surface area contributed by atoms with Gasteiger partial charge >= 0.3 is 12.2 Å². The van der Waals surface area contributed by atoms with Gasteiger partial charge in [0.1, 0.15) is 25.3 Å². The van der Waals surface area contributed by atoms with Crippen molar-refractivity contribution in [3.63, 3.8) is 0 Å². The number of alkyl carbamates (subject to hydrolysis) is 2. The first-order valence-electron chi connectivity index (χ1n) is 21.5. The van der Waals surface area contributed by atoms with Gasteiger partial charge in [0.2, 0.25) is 0 Å². The zero-order valence-corrected chi connectivity index (χ0v) is 35.0. The predicted octanol–water partition coefficient (Wildman–Crippen LogP) is 9.42. The number of unbranched alkanes of at least 4 members (excludes halogenated alkanes) is 8. The van der Waals surface area contributed by atoms with Gasteiger partial charge in [0.05, 0.1) is 0 Å². The number of nitrogens with one attached hydrogen (secondary N) is 5. The molecule has 320 valence electrons. The number of ether oxygens (including phenoxy) is 2. The molecule has 5 N–H and O–H groups in total. The second kappa shape index (κ2) is 23.3. The lowest BCUT2D eigenvalue weighted by Crippen LogP contribution is -2.59. The van der Waals surface area contributed by atoms with E-state index in [9.17, 15) is 19.2 Å². The molecule has 0 aliphatic carbocycles.